The average molecular weight is 245 g/mol. The number of nitriles is 1. The van der Waals surface area contributed by atoms with Crippen LogP contribution in [0.4, 0.5) is 0 Å². The zero-order valence-electron chi connectivity index (χ0n) is 11.1. The third-order valence-electron chi connectivity index (χ3n) is 2.73. The molecule has 1 atom stereocenters. The molecule has 4 heteroatoms. The van der Waals surface area contributed by atoms with E-state index in [1.807, 2.05) is 26.0 Å². The molecule has 0 saturated heterocycles. The summed E-state index contributed by atoms with van der Waals surface area (Å²) < 4.78 is 0. The van der Waals surface area contributed by atoms with Crippen LogP contribution in [-0.2, 0) is 11.3 Å². The first-order valence-corrected chi connectivity index (χ1v) is 6.00. The number of hydrogen-bond donors (Lipinski definition) is 1. The number of amides is 1. The number of nitrogens with zero attached hydrogens (tertiary/aromatic N) is 2. The Bertz CT molecular complexity index is 443. The first-order valence-electron chi connectivity index (χ1n) is 6.00. The molecule has 0 heterocycles. The molecule has 0 spiro atoms. The maximum Gasteiger partial charge on any atom is 0.239 e. The van der Waals surface area contributed by atoms with Gasteiger partial charge in [0.1, 0.15) is 0 Å². The minimum atomic E-state index is -0.495. The van der Waals surface area contributed by atoms with Gasteiger partial charge in [-0.05, 0) is 38.5 Å². The number of benzene rings is 1. The van der Waals surface area contributed by atoms with E-state index >= 15 is 0 Å². The van der Waals surface area contributed by atoms with Gasteiger partial charge in [-0.2, -0.15) is 5.26 Å². The van der Waals surface area contributed by atoms with Crippen LogP contribution in [0.3, 0.4) is 0 Å². The van der Waals surface area contributed by atoms with Crippen LogP contribution in [0, 0.1) is 11.3 Å². The average Bonchev–Trinajstić information content (AvgIpc) is 2.35. The van der Waals surface area contributed by atoms with Crippen molar-refractivity contribution in [1.29, 1.82) is 5.26 Å². The lowest BCUT2D eigenvalue weighted by molar-refractivity contribution is -0.134. The summed E-state index contributed by atoms with van der Waals surface area (Å²) in [6, 6.07) is 8.91. The predicted octanol–water partition coefficient (Wildman–Crippen LogP) is 1.64. The second-order valence-electron chi connectivity index (χ2n) is 4.66. The molecule has 2 N–H and O–H groups in total. The standard InChI is InChI=1S/C14H19N3O/c1-10(2)17(14(18)11(3)16)9-13-6-4-12(8-15)5-7-13/h4-7,10-11H,9,16H2,1-3H3/t11-/m0/s1. The number of rotatable bonds is 4. The molecule has 1 aromatic carbocycles. The van der Waals surface area contributed by atoms with Gasteiger partial charge in [0.05, 0.1) is 17.7 Å². The number of carbonyl (C=O) groups is 1. The second-order valence-corrected chi connectivity index (χ2v) is 4.66. The minimum absolute atomic E-state index is 0.0608. The Morgan fingerprint density at radius 3 is 2.28 bits per heavy atom. The maximum absolute atomic E-state index is 12.0. The summed E-state index contributed by atoms with van der Waals surface area (Å²) in [6.45, 7) is 6.13. The van der Waals surface area contributed by atoms with Crippen LogP contribution in [0.2, 0.25) is 0 Å². The third-order valence-corrected chi connectivity index (χ3v) is 2.73. The molecular weight excluding hydrogens is 226 g/mol. The Labute approximate surface area is 108 Å². The summed E-state index contributed by atoms with van der Waals surface area (Å²) in [6.07, 6.45) is 0. The zero-order chi connectivity index (χ0) is 13.7. The van der Waals surface area contributed by atoms with Crippen molar-refractivity contribution in [1.82, 2.24) is 4.90 Å². The lowest BCUT2D eigenvalue weighted by atomic mass is 10.1. The van der Waals surface area contributed by atoms with Crippen LogP contribution in [0.1, 0.15) is 31.9 Å². The normalized spacial score (nSPS) is 12.0. The van der Waals surface area contributed by atoms with Crippen LogP contribution in [0.5, 0.6) is 0 Å². The summed E-state index contributed by atoms with van der Waals surface area (Å²) >= 11 is 0. The van der Waals surface area contributed by atoms with Gasteiger partial charge in [0.2, 0.25) is 5.91 Å². The van der Waals surface area contributed by atoms with Gasteiger partial charge in [0, 0.05) is 12.6 Å². The first-order chi connectivity index (χ1) is 8.45. The van der Waals surface area contributed by atoms with E-state index in [0.29, 0.717) is 12.1 Å². The molecule has 96 valence electrons. The molecule has 1 aromatic rings. The molecule has 0 aliphatic carbocycles. The molecule has 0 aliphatic heterocycles. The van der Waals surface area contributed by atoms with Crippen molar-refractivity contribution in [3.05, 3.63) is 35.4 Å². The molecule has 1 rings (SSSR count). The Morgan fingerprint density at radius 1 is 1.33 bits per heavy atom. The predicted molar refractivity (Wildman–Crippen MR) is 70.5 cm³/mol. The highest BCUT2D eigenvalue weighted by atomic mass is 16.2. The fourth-order valence-electron chi connectivity index (χ4n) is 1.66. The Morgan fingerprint density at radius 2 is 1.89 bits per heavy atom. The van der Waals surface area contributed by atoms with Crippen molar-refractivity contribution in [2.45, 2.75) is 39.4 Å². The minimum Gasteiger partial charge on any atom is -0.335 e. The van der Waals surface area contributed by atoms with Gasteiger partial charge in [-0.15, -0.1) is 0 Å². The highest BCUT2D eigenvalue weighted by molar-refractivity contribution is 5.81. The SMILES string of the molecule is CC(C)N(Cc1ccc(C#N)cc1)C(=O)[C@H](C)N. The van der Waals surface area contributed by atoms with E-state index in [4.69, 9.17) is 11.0 Å². The lowest BCUT2D eigenvalue weighted by Crippen LogP contribution is -2.45. The molecule has 0 saturated carbocycles. The van der Waals surface area contributed by atoms with Gasteiger partial charge < -0.3 is 10.6 Å². The summed E-state index contributed by atoms with van der Waals surface area (Å²) in [4.78, 5) is 13.7. The fourth-order valence-corrected chi connectivity index (χ4v) is 1.66. The van der Waals surface area contributed by atoms with Crippen molar-refractivity contribution in [3.63, 3.8) is 0 Å². The molecule has 0 radical (unpaired) electrons. The fraction of sp³-hybridized carbons (Fsp3) is 0.429. The molecule has 0 fully saturated rings. The molecule has 4 nitrogen and oxygen atoms in total. The molecule has 0 aromatic heterocycles. The number of carbonyl (C=O) groups excluding carboxylic acids is 1. The van der Waals surface area contributed by atoms with E-state index in [9.17, 15) is 4.79 Å². The van der Waals surface area contributed by atoms with Crippen molar-refractivity contribution in [3.8, 4) is 6.07 Å². The van der Waals surface area contributed by atoms with E-state index in [1.54, 1.807) is 24.0 Å². The summed E-state index contributed by atoms with van der Waals surface area (Å²) in [5.74, 6) is -0.0608. The largest absolute Gasteiger partial charge is 0.335 e. The van der Waals surface area contributed by atoms with Gasteiger partial charge in [0.25, 0.3) is 0 Å². The van der Waals surface area contributed by atoms with E-state index in [1.165, 1.54) is 0 Å². The van der Waals surface area contributed by atoms with Gasteiger partial charge in [-0.25, -0.2) is 0 Å². The quantitative estimate of drug-likeness (QED) is 0.876. The van der Waals surface area contributed by atoms with Crippen molar-refractivity contribution >= 4 is 5.91 Å². The van der Waals surface area contributed by atoms with E-state index in [-0.39, 0.29) is 11.9 Å². The van der Waals surface area contributed by atoms with Crippen LogP contribution >= 0.6 is 0 Å². The van der Waals surface area contributed by atoms with Crippen molar-refractivity contribution in [2.75, 3.05) is 0 Å². The van der Waals surface area contributed by atoms with Crippen LogP contribution in [0.15, 0.2) is 24.3 Å². The summed E-state index contributed by atoms with van der Waals surface area (Å²) in [7, 11) is 0. The number of hydrogen-bond acceptors (Lipinski definition) is 3. The molecule has 1 amide bonds. The molecular formula is C14H19N3O. The Hall–Kier alpha value is -1.86. The van der Waals surface area contributed by atoms with E-state index in [2.05, 4.69) is 6.07 Å². The highest BCUT2D eigenvalue weighted by Crippen LogP contribution is 2.11. The van der Waals surface area contributed by atoms with Gasteiger partial charge >= 0.3 is 0 Å². The van der Waals surface area contributed by atoms with Crippen LogP contribution < -0.4 is 5.73 Å². The number of nitrogens with two attached hydrogens (primary N) is 1. The topological polar surface area (TPSA) is 70.1 Å². The Kier molecular flexibility index (Phi) is 4.87. The summed E-state index contributed by atoms with van der Waals surface area (Å²) in [5, 5.41) is 8.73. The zero-order valence-corrected chi connectivity index (χ0v) is 11.1. The lowest BCUT2D eigenvalue weighted by Gasteiger charge is -2.28. The van der Waals surface area contributed by atoms with Crippen LogP contribution in [0.25, 0.3) is 0 Å². The van der Waals surface area contributed by atoms with Crippen molar-refractivity contribution < 1.29 is 4.79 Å². The third kappa shape index (κ3) is 3.57. The van der Waals surface area contributed by atoms with Crippen molar-refractivity contribution in [2.24, 2.45) is 5.73 Å². The molecule has 0 bridgehead atoms. The van der Waals surface area contributed by atoms with Crippen LogP contribution in [-0.4, -0.2) is 22.9 Å². The molecule has 18 heavy (non-hydrogen) atoms. The van der Waals surface area contributed by atoms with Gasteiger partial charge in [-0.1, -0.05) is 12.1 Å². The van der Waals surface area contributed by atoms with Gasteiger partial charge in [0.15, 0.2) is 0 Å². The Balaban J connectivity index is 2.84. The maximum atomic E-state index is 12.0. The van der Waals surface area contributed by atoms with E-state index in [0.717, 1.165) is 5.56 Å². The second kappa shape index (κ2) is 6.18. The summed E-state index contributed by atoms with van der Waals surface area (Å²) in [5.41, 5.74) is 7.26. The monoisotopic (exact) mass is 245 g/mol. The molecule has 0 unspecified atom stereocenters. The van der Waals surface area contributed by atoms with Gasteiger partial charge in [-0.3, -0.25) is 4.79 Å². The van der Waals surface area contributed by atoms with E-state index < -0.39 is 6.04 Å². The highest BCUT2D eigenvalue weighted by Gasteiger charge is 2.20. The smallest absolute Gasteiger partial charge is 0.239 e. The molecule has 0 aliphatic rings. The first kappa shape index (κ1) is 14.2.